The fourth-order valence-electron chi connectivity index (χ4n) is 1.48. The minimum atomic E-state index is 0.755. The fourth-order valence-corrected chi connectivity index (χ4v) is 1.48. The van der Waals surface area contributed by atoms with Crippen LogP contribution < -0.4 is 0 Å². The van der Waals surface area contributed by atoms with Gasteiger partial charge in [-0.1, -0.05) is 30.4 Å². The average molecular weight is 198 g/mol. The third-order valence-corrected chi connectivity index (χ3v) is 2.10. The Morgan fingerprint density at radius 1 is 1.20 bits per heavy atom. The Hall–Kier alpha value is -1.92. The van der Waals surface area contributed by atoms with Gasteiger partial charge in [0, 0.05) is 0 Å². The number of para-hydroxylation sites is 1. The molecule has 0 fully saturated rings. The van der Waals surface area contributed by atoms with Crippen LogP contribution in [-0.2, 0) is 12.8 Å². The Kier molecular flexibility index (Phi) is 4.27. The Labute approximate surface area is 90.2 Å². The number of nitrogens with zero attached hydrogens (tertiary/aromatic N) is 1. The molecule has 1 N–H and O–H groups in total. The van der Waals surface area contributed by atoms with Crippen molar-refractivity contribution < 1.29 is 0 Å². The van der Waals surface area contributed by atoms with E-state index in [1.54, 1.807) is 0 Å². The van der Waals surface area contributed by atoms with E-state index in [0.29, 0.717) is 0 Å². The van der Waals surface area contributed by atoms with Crippen molar-refractivity contribution in [3.63, 3.8) is 0 Å². The Morgan fingerprint density at radius 2 is 1.73 bits per heavy atom. The summed E-state index contributed by atoms with van der Waals surface area (Å²) in [5.41, 5.74) is 2.97. The summed E-state index contributed by atoms with van der Waals surface area (Å²) < 4.78 is 0. The Morgan fingerprint density at radius 3 is 2.13 bits per heavy atom. The molecule has 0 radical (unpaired) electrons. The topological polar surface area (TPSA) is 36.2 Å². The molecule has 76 valence electrons. The van der Waals surface area contributed by atoms with Gasteiger partial charge in [-0.25, -0.2) is 5.41 Å². The van der Waals surface area contributed by atoms with Crippen LogP contribution in [0.15, 0.2) is 48.5 Å². The summed E-state index contributed by atoms with van der Waals surface area (Å²) in [6, 6.07) is 8.06. The van der Waals surface area contributed by atoms with E-state index in [0.717, 1.165) is 29.7 Å². The van der Waals surface area contributed by atoms with E-state index in [-0.39, 0.29) is 0 Å². The predicted molar refractivity (Wildman–Crippen MR) is 64.1 cm³/mol. The lowest BCUT2D eigenvalue weighted by Crippen LogP contribution is -1.88. The zero-order valence-electron chi connectivity index (χ0n) is 8.66. The van der Waals surface area contributed by atoms with E-state index in [1.807, 2.05) is 30.4 Å². The van der Waals surface area contributed by atoms with Crippen LogP contribution in [-0.4, -0.2) is 6.01 Å². The maximum atomic E-state index is 6.93. The quantitative estimate of drug-likeness (QED) is 0.555. The van der Waals surface area contributed by atoms with E-state index in [4.69, 9.17) is 5.41 Å². The third kappa shape index (κ3) is 2.76. The third-order valence-electron chi connectivity index (χ3n) is 2.10. The maximum absolute atomic E-state index is 6.93. The molecule has 0 aromatic heterocycles. The van der Waals surface area contributed by atoms with Crippen molar-refractivity contribution in [1.82, 2.24) is 0 Å². The molecule has 0 saturated carbocycles. The monoisotopic (exact) mass is 198 g/mol. The van der Waals surface area contributed by atoms with Gasteiger partial charge in [0.15, 0.2) is 0 Å². The second-order valence-electron chi connectivity index (χ2n) is 3.13. The second kappa shape index (κ2) is 5.74. The molecule has 0 bridgehead atoms. The van der Waals surface area contributed by atoms with Crippen molar-refractivity contribution in [3.8, 4) is 0 Å². The van der Waals surface area contributed by atoms with Crippen molar-refractivity contribution in [1.29, 1.82) is 5.41 Å². The van der Waals surface area contributed by atoms with Gasteiger partial charge in [0.25, 0.3) is 0 Å². The zero-order chi connectivity index (χ0) is 11.1. The lowest BCUT2D eigenvalue weighted by Gasteiger charge is -2.06. The van der Waals surface area contributed by atoms with Crippen LogP contribution in [0.4, 0.5) is 5.69 Å². The van der Waals surface area contributed by atoms with E-state index in [2.05, 4.69) is 24.2 Å². The smallest absolute Gasteiger partial charge is 0.0918 e. The Bertz CT molecular complexity index is 384. The molecule has 0 aliphatic rings. The molecule has 1 aromatic carbocycles. The molecular weight excluding hydrogens is 184 g/mol. The van der Waals surface area contributed by atoms with Crippen molar-refractivity contribution in [2.75, 3.05) is 0 Å². The van der Waals surface area contributed by atoms with Crippen LogP contribution in [0.3, 0.4) is 0 Å². The molecule has 0 spiro atoms. The van der Waals surface area contributed by atoms with E-state index in [9.17, 15) is 0 Å². The van der Waals surface area contributed by atoms with Gasteiger partial charge in [0.2, 0.25) is 0 Å². The molecule has 2 heteroatoms. The minimum Gasteiger partial charge on any atom is -0.241 e. The SMILES string of the molecule is C=CCc1cccc(CC=C)c1N=C=N. The molecule has 15 heavy (non-hydrogen) atoms. The zero-order valence-corrected chi connectivity index (χ0v) is 8.66. The number of allylic oxidation sites excluding steroid dienone is 2. The van der Waals surface area contributed by atoms with Gasteiger partial charge >= 0.3 is 0 Å². The summed E-state index contributed by atoms with van der Waals surface area (Å²) in [4.78, 5) is 3.96. The predicted octanol–water partition coefficient (Wildman–Crippen LogP) is 3.53. The number of rotatable bonds is 5. The average Bonchev–Trinajstić information content (AvgIpc) is 2.23. The molecule has 0 heterocycles. The Balaban J connectivity index is 3.25. The molecule has 1 aromatic rings. The summed E-state index contributed by atoms with van der Waals surface area (Å²) in [6.45, 7) is 7.41. The largest absolute Gasteiger partial charge is 0.241 e. The summed E-state index contributed by atoms with van der Waals surface area (Å²) in [5.74, 6) is 0. The lowest BCUT2D eigenvalue weighted by atomic mass is 10.0. The van der Waals surface area contributed by atoms with E-state index < -0.39 is 0 Å². The van der Waals surface area contributed by atoms with Crippen LogP contribution in [0.5, 0.6) is 0 Å². The van der Waals surface area contributed by atoms with Crippen molar-refractivity contribution in [3.05, 3.63) is 54.6 Å². The first-order valence-corrected chi connectivity index (χ1v) is 4.78. The normalized spacial score (nSPS) is 9.07. The molecule has 1 rings (SSSR count). The van der Waals surface area contributed by atoms with Gasteiger partial charge < -0.3 is 0 Å². The van der Waals surface area contributed by atoms with Gasteiger partial charge in [-0.2, -0.15) is 4.99 Å². The number of aliphatic imine (C=N–C) groups is 1. The number of nitrogens with one attached hydrogen (secondary N) is 1. The molecule has 0 atom stereocenters. The highest BCUT2D eigenvalue weighted by molar-refractivity contribution is 5.60. The summed E-state index contributed by atoms with van der Waals surface area (Å²) in [6.07, 6.45) is 5.17. The lowest BCUT2D eigenvalue weighted by molar-refractivity contribution is 1.19. The molecule has 0 unspecified atom stereocenters. The summed E-state index contributed by atoms with van der Waals surface area (Å²) in [5, 5.41) is 6.93. The summed E-state index contributed by atoms with van der Waals surface area (Å²) in [7, 11) is 0. The highest BCUT2D eigenvalue weighted by Crippen LogP contribution is 2.25. The molecule has 2 nitrogen and oxygen atoms in total. The van der Waals surface area contributed by atoms with Crippen LogP contribution in [0.1, 0.15) is 11.1 Å². The molecule has 0 aliphatic heterocycles. The van der Waals surface area contributed by atoms with Crippen LogP contribution >= 0.6 is 0 Å². The highest BCUT2D eigenvalue weighted by atomic mass is 14.7. The van der Waals surface area contributed by atoms with Crippen molar-refractivity contribution in [2.45, 2.75) is 12.8 Å². The maximum Gasteiger partial charge on any atom is 0.0918 e. The summed E-state index contributed by atoms with van der Waals surface area (Å²) >= 11 is 0. The van der Waals surface area contributed by atoms with Gasteiger partial charge in [0.05, 0.1) is 11.7 Å². The first kappa shape index (κ1) is 11.2. The molecular formula is C13H14N2. The van der Waals surface area contributed by atoms with E-state index >= 15 is 0 Å². The molecule has 0 amide bonds. The number of benzene rings is 1. The second-order valence-corrected chi connectivity index (χ2v) is 3.13. The molecule has 0 aliphatic carbocycles. The van der Waals surface area contributed by atoms with Gasteiger partial charge in [0.1, 0.15) is 0 Å². The van der Waals surface area contributed by atoms with Crippen molar-refractivity contribution >= 4 is 11.7 Å². The molecule has 0 saturated heterocycles. The minimum absolute atomic E-state index is 0.755. The van der Waals surface area contributed by atoms with Gasteiger partial charge in [-0.15, -0.1) is 13.2 Å². The van der Waals surface area contributed by atoms with Crippen LogP contribution in [0.2, 0.25) is 0 Å². The van der Waals surface area contributed by atoms with Gasteiger partial charge in [-0.05, 0) is 24.0 Å². The number of hydrogen-bond donors (Lipinski definition) is 1. The van der Waals surface area contributed by atoms with Crippen LogP contribution in [0, 0.1) is 5.41 Å². The van der Waals surface area contributed by atoms with Crippen LogP contribution in [0.25, 0.3) is 0 Å². The van der Waals surface area contributed by atoms with Crippen molar-refractivity contribution in [2.24, 2.45) is 4.99 Å². The fraction of sp³-hybridized carbons (Fsp3) is 0.154. The van der Waals surface area contributed by atoms with E-state index in [1.165, 1.54) is 0 Å². The number of hydrogen-bond acceptors (Lipinski definition) is 2. The van der Waals surface area contributed by atoms with Gasteiger partial charge in [-0.3, -0.25) is 0 Å². The standard InChI is InChI=1S/C13H14N2/c1-3-6-11-8-5-9-12(7-4-2)13(11)15-10-14/h3-5,8-9,14H,1-2,6-7H2. The first-order chi connectivity index (χ1) is 7.33. The highest BCUT2D eigenvalue weighted by Gasteiger charge is 2.04. The first-order valence-electron chi connectivity index (χ1n) is 4.78.